The lowest BCUT2D eigenvalue weighted by Gasteiger charge is -2.36. The monoisotopic (exact) mass is 399 g/mol. The molecule has 0 amide bonds. The van der Waals surface area contributed by atoms with Crippen LogP contribution in [0.4, 0.5) is 21.6 Å². The minimum absolute atomic E-state index is 0.00166. The maximum Gasteiger partial charge on any atom is 0.335 e. The highest BCUT2D eigenvalue weighted by Gasteiger charge is 2.32. The van der Waals surface area contributed by atoms with Crippen LogP contribution < -0.4 is 9.80 Å². The van der Waals surface area contributed by atoms with Gasteiger partial charge in [-0.2, -0.15) is 0 Å². The Morgan fingerprint density at radius 2 is 1.69 bits per heavy atom. The first kappa shape index (κ1) is 18.6. The van der Waals surface area contributed by atoms with Gasteiger partial charge in [-0.3, -0.25) is 10.1 Å². The van der Waals surface area contributed by atoms with Crippen LogP contribution in [0.5, 0.6) is 0 Å². The van der Waals surface area contributed by atoms with Crippen LogP contribution in [0, 0.1) is 22.9 Å². The van der Waals surface area contributed by atoms with Crippen molar-refractivity contribution in [2.45, 2.75) is 11.8 Å². The van der Waals surface area contributed by atoms with Gasteiger partial charge in [0, 0.05) is 31.9 Å². The van der Waals surface area contributed by atoms with Crippen LogP contribution in [-0.4, -0.2) is 41.1 Å². The zero-order chi connectivity index (χ0) is 18.8. The predicted molar refractivity (Wildman–Crippen MR) is 98.7 cm³/mol. The number of aryl methyl sites for hydroxylation is 1. The molecule has 1 saturated heterocycles. The topological polar surface area (TPSA) is 75.4 Å². The van der Waals surface area contributed by atoms with Gasteiger partial charge < -0.3 is 9.80 Å². The van der Waals surface area contributed by atoms with E-state index in [1.165, 1.54) is 12.1 Å². The summed E-state index contributed by atoms with van der Waals surface area (Å²) in [6.45, 7) is 3.91. The van der Waals surface area contributed by atoms with E-state index in [0.717, 1.165) is 5.69 Å². The quantitative estimate of drug-likeness (QED) is 0.443. The Morgan fingerprint density at radius 3 is 2.23 bits per heavy atom. The van der Waals surface area contributed by atoms with E-state index in [4.69, 9.17) is 23.2 Å². The number of alkyl halides is 2. The van der Waals surface area contributed by atoms with Gasteiger partial charge in [-0.25, -0.2) is 14.4 Å². The van der Waals surface area contributed by atoms with Crippen molar-refractivity contribution >= 4 is 40.4 Å². The van der Waals surface area contributed by atoms with Crippen LogP contribution in [0.1, 0.15) is 16.4 Å². The number of hydrogen-bond donors (Lipinski definition) is 0. The Hall–Kier alpha value is -2.19. The van der Waals surface area contributed by atoms with Crippen molar-refractivity contribution in [3.8, 4) is 0 Å². The molecule has 0 bridgehead atoms. The normalized spacial score (nSPS) is 14.8. The number of anilines is 2. The standard InChI is InChI=1S/C16H16Cl2FN5O2/c1-10-20-13(15(17)18)14(24(25)26)16(21-10)23-8-6-22(7-9-23)12-4-2-11(19)3-5-12/h2-5,15H,6-9H2,1H3. The molecule has 26 heavy (non-hydrogen) atoms. The number of piperazine rings is 1. The molecule has 2 aromatic rings. The third kappa shape index (κ3) is 3.81. The summed E-state index contributed by atoms with van der Waals surface area (Å²) in [7, 11) is 0. The Morgan fingerprint density at radius 1 is 1.12 bits per heavy atom. The molecule has 0 radical (unpaired) electrons. The number of aromatic nitrogens is 2. The van der Waals surface area contributed by atoms with E-state index in [0.29, 0.717) is 32.0 Å². The first-order valence-electron chi connectivity index (χ1n) is 7.93. The number of nitro groups is 1. The fourth-order valence-electron chi connectivity index (χ4n) is 2.95. The molecule has 1 aromatic heterocycles. The predicted octanol–water partition coefficient (Wildman–Crippen LogP) is 3.64. The Labute approximate surface area is 159 Å². The number of hydrogen-bond acceptors (Lipinski definition) is 6. The fraction of sp³-hybridized carbons (Fsp3) is 0.375. The molecular formula is C16H16Cl2FN5O2. The number of benzene rings is 1. The van der Waals surface area contributed by atoms with E-state index < -0.39 is 9.76 Å². The van der Waals surface area contributed by atoms with Crippen molar-refractivity contribution in [1.82, 2.24) is 9.97 Å². The SMILES string of the molecule is Cc1nc(C(Cl)Cl)c([N+](=O)[O-])c(N2CCN(c3ccc(F)cc3)CC2)n1. The van der Waals surface area contributed by atoms with Gasteiger partial charge in [0.1, 0.15) is 11.6 Å². The lowest BCUT2D eigenvalue weighted by Crippen LogP contribution is -2.47. The van der Waals surface area contributed by atoms with Crippen LogP contribution in [0.15, 0.2) is 24.3 Å². The molecule has 0 aliphatic carbocycles. The average Bonchev–Trinajstić information content (AvgIpc) is 2.61. The van der Waals surface area contributed by atoms with Gasteiger partial charge in [0.2, 0.25) is 5.82 Å². The molecule has 0 saturated carbocycles. The van der Waals surface area contributed by atoms with Crippen molar-refractivity contribution in [2.24, 2.45) is 0 Å². The minimum Gasteiger partial charge on any atom is -0.368 e. The highest BCUT2D eigenvalue weighted by Crippen LogP contribution is 2.37. The van der Waals surface area contributed by atoms with Crippen molar-refractivity contribution in [2.75, 3.05) is 36.0 Å². The molecule has 0 unspecified atom stereocenters. The molecule has 3 rings (SSSR count). The zero-order valence-corrected chi connectivity index (χ0v) is 15.4. The van der Waals surface area contributed by atoms with E-state index in [1.807, 2.05) is 4.90 Å². The van der Waals surface area contributed by atoms with E-state index >= 15 is 0 Å². The number of nitrogens with zero attached hydrogens (tertiary/aromatic N) is 5. The first-order chi connectivity index (χ1) is 12.4. The van der Waals surface area contributed by atoms with E-state index in [-0.39, 0.29) is 23.0 Å². The lowest BCUT2D eigenvalue weighted by molar-refractivity contribution is -0.385. The Bertz CT molecular complexity index is 811. The smallest absolute Gasteiger partial charge is 0.335 e. The number of halogens is 3. The molecule has 10 heteroatoms. The molecule has 138 valence electrons. The van der Waals surface area contributed by atoms with Crippen molar-refractivity contribution < 1.29 is 9.31 Å². The Balaban J connectivity index is 1.85. The third-order valence-electron chi connectivity index (χ3n) is 4.16. The van der Waals surface area contributed by atoms with E-state index in [1.54, 1.807) is 19.1 Å². The van der Waals surface area contributed by atoms with Gasteiger partial charge >= 0.3 is 5.69 Å². The summed E-state index contributed by atoms with van der Waals surface area (Å²) < 4.78 is 13.1. The zero-order valence-electron chi connectivity index (χ0n) is 13.9. The van der Waals surface area contributed by atoms with Crippen LogP contribution >= 0.6 is 23.2 Å². The minimum atomic E-state index is -1.11. The largest absolute Gasteiger partial charge is 0.368 e. The highest BCUT2D eigenvalue weighted by molar-refractivity contribution is 6.44. The molecule has 2 heterocycles. The van der Waals surface area contributed by atoms with Crippen LogP contribution in [0.3, 0.4) is 0 Å². The number of rotatable bonds is 4. The first-order valence-corrected chi connectivity index (χ1v) is 8.80. The fourth-order valence-corrected chi connectivity index (χ4v) is 3.25. The molecule has 1 aliphatic rings. The maximum absolute atomic E-state index is 13.1. The van der Waals surface area contributed by atoms with Crippen molar-refractivity contribution in [1.29, 1.82) is 0 Å². The van der Waals surface area contributed by atoms with Crippen molar-refractivity contribution in [3.63, 3.8) is 0 Å². The third-order valence-corrected chi connectivity index (χ3v) is 4.58. The molecular weight excluding hydrogens is 384 g/mol. The maximum atomic E-state index is 13.1. The highest BCUT2D eigenvalue weighted by atomic mass is 35.5. The molecule has 7 nitrogen and oxygen atoms in total. The van der Waals surface area contributed by atoms with Gasteiger partial charge in [-0.15, -0.1) is 0 Å². The summed E-state index contributed by atoms with van der Waals surface area (Å²) in [5, 5.41) is 11.6. The summed E-state index contributed by atoms with van der Waals surface area (Å²) in [4.78, 5) is 22.1. The van der Waals surface area contributed by atoms with E-state index in [9.17, 15) is 14.5 Å². The van der Waals surface area contributed by atoms with Gasteiger partial charge in [0.25, 0.3) is 0 Å². The lowest BCUT2D eigenvalue weighted by atomic mass is 10.2. The van der Waals surface area contributed by atoms with Gasteiger partial charge in [0.15, 0.2) is 10.5 Å². The Kier molecular flexibility index (Phi) is 5.43. The van der Waals surface area contributed by atoms with Crippen LogP contribution in [-0.2, 0) is 0 Å². The summed E-state index contributed by atoms with van der Waals surface area (Å²) in [6, 6.07) is 6.25. The van der Waals surface area contributed by atoms with Crippen molar-refractivity contribution in [3.05, 3.63) is 51.7 Å². The average molecular weight is 400 g/mol. The summed E-state index contributed by atoms with van der Waals surface area (Å²) in [5.74, 6) is 0.305. The molecule has 1 fully saturated rings. The molecule has 1 aliphatic heterocycles. The molecule has 1 aromatic carbocycles. The second-order valence-electron chi connectivity index (χ2n) is 5.84. The summed E-state index contributed by atoms with van der Waals surface area (Å²) >= 11 is 11.7. The second-order valence-corrected chi connectivity index (χ2v) is 6.93. The summed E-state index contributed by atoms with van der Waals surface area (Å²) in [5.41, 5.74) is 0.643. The molecule has 0 atom stereocenters. The summed E-state index contributed by atoms with van der Waals surface area (Å²) in [6.07, 6.45) is 0. The second kappa shape index (κ2) is 7.59. The van der Waals surface area contributed by atoms with Crippen LogP contribution in [0.2, 0.25) is 0 Å². The van der Waals surface area contributed by atoms with Crippen LogP contribution in [0.25, 0.3) is 0 Å². The van der Waals surface area contributed by atoms with Gasteiger partial charge in [0.05, 0.1) is 4.92 Å². The van der Waals surface area contributed by atoms with Gasteiger partial charge in [-0.05, 0) is 31.2 Å². The molecule has 0 N–H and O–H groups in total. The van der Waals surface area contributed by atoms with Gasteiger partial charge in [-0.1, -0.05) is 23.2 Å². The molecule has 0 spiro atoms. The van der Waals surface area contributed by atoms with E-state index in [2.05, 4.69) is 14.9 Å².